The van der Waals surface area contributed by atoms with E-state index in [1.54, 1.807) is 0 Å². The van der Waals surface area contributed by atoms with Crippen LogP contribution in [-0.4, -0.2) is 61.5 Å². The minimum atomic E-state index is 0.0981. The van der Waals surface area contributed by atoms with Gasteiger partial charge in [0.2, 0.25) is 5.91 Å². The van der Waals surface area contributed by atoms with Crippen molar-refractivity contribution in [2.45, 2.75) is 25.8 Å². The Kier molecular flexibility index (Phi) is 6.68. The van der Waals surface area contributed by atoms with Crippen molar-refractivity contribution in [3.63, 3.8) is 0 Å². The van der Waals surface area contributed by atoms with Crippen molar-refractivity contribution >= 4 is 17.5 Å². The molecule has 1 aromatic carbocycles. The number of likely N-dealkylation sites (N-methyl/N-ethyl adjacent to an activating group) is 1. The number of hydrogen-bond acceptors (Lipinski definition) is 3. The summed E-state index contributed by atoms with van der Waals surface area (Å²) in [7, 11) is 2.15. The molecule has 0 unspecified atom stereocenters. The standard InChI is InChI=1S/C17H26ClN3O/c1-14(21-11-9-20(2)10-12-21)13-19-17(22)8-7-15-5-3-4-6-16(15)18/h3-6,14H,7-13H2,1-2H3,(H,19,22)/t14-/m0/s1. The van der Waals surface area contributed by atoms with E-state index in [0.29, 0.717) is 25.4 Å². The topological polar surface area (TPSA) is 35.6 Å². The van der Waals surface area contributed by atoms with E-state index in [2.05, 4.69) is 29.1 Å². The highest BCUT2D eigenvalue weighted by Crippen LogP contribution is 2.16. The van der Waals surface area contributed by atoms with Crippen LogP contribution in [0.25, 0.3) is 0 Å². The van der Waals surface area contributed by atoms with Crippen LogP contribution in [0.3, 0.4) is 0 Å². The highest BCUT2D eigenvalue weighted by atomic mass is 35.5. The number of rotatable bonds is 6. The molecular formula is C17H26ClN3O. The predicted octanol–water partition coefficient (Wildman–Crippen LogP) is 2.02. The Bertz CT molecular complexity index is 487. The van der Waals surface area contributed by atoms with Gasteiger partial charge in [0, 0.05) is 50.2 Å². The fraction of sp³-hybridized carbons (Fsp3) is 0.588. The Labute approximate surface area is 138 Å². The van der Waals surface area contributed by atoms with Gasteiger partial charge >= 0.3 is 0 Å². The zero-order chi connectivity index (χ0) is 15.9. The first-order chi connectivity index (χ1) is 10.6. The molecule has 1 amide bonds. The van der Waals surface area contributed by atoms with Gasteiger partial charge in [0.25, 0.3) is 0 Å². The van der Waals surface area contributed by atoms with Crippen LogP contribution in [0.2, 0.25) is 5.02 Å². The second-order valence-electron chi connectivity index (χ2n) is 6.08. The maximum atomic E-state index is 12.0. The maximum absolute atomic E-state index is 12.0. The molecule has 0 bridgehead atoms. The van der Waals surface area contributed by atoms with Crippen LogP contribution < -0.4 is 5.32 Å². The molecule has 22 heavy (non-hydrogen) atoms. The minimum Gasteiger partial charge on any atom is -0.355 e. The van der Waals surface area contributed by atoms with Gasteiger partial charge in [-0.25, -0.2) is 0 Å². The number of nitrogens with one attached hydrogen (secondary N) is 1. The van der Waals surface area contributed by atoms with Crippen molar-refractivity contribution in [2.24, 2.45) is 0 Å². The normalized spacial score (nSPS) is 18.1. The molecule has 1 saturated heterocycles. The number of halogens is 1. The molecule has 1 aliphatic heterocycles. The minimum absolute atomic E-state index is 0.0981. The van der Waals surface area contributed by atoms with Crippen LogP contribution in [0, 0.1) is 0 Å². The van der Waals surface area contributed by atoms with E-state index in [1.807, 2.05) is 24.3 Å². The summed E-state index contributed by atoms with van der Waals surface area (Å²) in [5.41, 5.74) is 1.03. The summed E-state index contributed by atoms with van der Waals surface area (Å²) in [6, 6.07) is 8.09. The van der Waals surface area contributed by atoms with Gasteiger partial charge < -0.3 is 10.2 Å². The summed E-state index contributed by atoms with van der Waals surface area (Å²) in [6.07, 6.45) is 1.17. The van der Waals surface area contributed by atoms with Gasteiger partial charge in [-0.3, -0.25) is 9.69 Å². The SMILES string of the molecule is C[C@@H](CNC(=O)CCc1ccccc1Cl)N1CCN(C)CC1. The Balaban J connectivity index is 1.68. The average molecular weight is 324 g/mol. The summed E-state index contributed by atoms with van der Waals surface area (Å²) in [6.45, 7) is 7.25. The lowest BCUT2D eigenvalue weighted by Crippen LogP contribution is -2.51. The van der Waals surface area contributed by atoms with Crippen molar-refractivity contribution in [3.8, 4) is 0 Å². The van der Waals surface area contributed by atoms with E-state index in [4.69, 9.17) is 11.6 Å². The lowest BCUT2D eigenvalue weighted by molar-refractivity contribution is -0.121. The molecular weight excluding hydrogens is 298 g/mol. The van der Waals surface area contributed by atoms with Gasteiger partial charge in [0.05, 0.1) is 0 Å². The molecule has 122 valence electrons. The Morgan fingerprint density at radius 3 is 2.64 bits per heavy atom. The third kappa shape index (κ3) is 5.27. The molecule has 2 rings (SSSR count). The third-order valence-electron chi connectivity index (χ3n) is 4.34. The van der Waals surface area contributed by atoms with Crippen LogP contribution in [0.1, 0.15) is 18.9 Å². The number of benzene rings is 1. The van der Waals surface area contributed by atoms with Gasteiger partial charge in [-0.2, -0.15) is 0 Å². The average Bonchev–Trinajstić information content (AvgIpc) is 2.52. The molecule has 0 aromatic heterocycles. The number of aryl methyl sites for hydroxylation is 1. The highest BCUT2D eigenvalue weighted by Gasteiger charge is 2.19. The molecule has 1 aliphatic rings. The van der Waals surface area contributed by atoms with Crippen molar-refractivity contribution in [3.05, 3.63) is 34.9 Å². The van der Waals surface area contributed by atoms with E-state index in [0.717, 1.165) is 36.8 Å². The maximum Gasteiger partial charge on any atom is 0.220 e. The van der Waals surface area contributed by atoms with Crippen LogP contribution >= 0.6 is 11.6 Å². The summed E-state index contributed by atoms with van der Waals surface area (Å²) in [5, 5.41) is 3.78. The van der Waals surface area contributed by atoms with Crippen molar-refractivity contribution in [1.82, 2.24) is 15.1 Å². The lowest BCUT2D eigenvalue weighted by Gasteiger charge is -2.36. The molecule has 1 heterocycles. The highest BCUT2D eigenvalue weighted by molar-refractivity contribution is 6.31. The van der Waals surface area contributed by atoms with Crippen LogP contribution in [0.5, 0.6) is 0 Å². The second kappa shape index (κ2) is 8.51. The first-order valence-electron chi connectivity index (χ1n) is 7.99. The number of carbonyl (C=O) groups excluding carboxylic acids is 1. The number of hydrogen-bond donors (Lipinski definition) is 1. The van der Waals surface area contributed by atoms with E-state index in [9.17, 15) is 4.79 Å². The molecule has 0 aliphatic carbocycles. The number of carbonyl (C=O) groups is 1. The smallest absolute Gasteiger partial charge is 0.220 e. The monoisotopic (exact) mass is 323 g/mol. The fourth-order valence-corrected chi connectivity index (χ4v) is 2.92. The van der Waals surface area contributed by atoms with Crippen LogP contribution in [0.15, 0.2) is 24.3 Å². The summed E-state index contributed by atoms with van der Waals surface area (Å²) < 4.78 is 0. The van der Waals surface area contributed by atoms with E-state index >= 15 is 0 Å². The van der Waals surface area contributed by atoms with Crippen molar-refractivity contribution in [1.29, 1.82) is 0 Å². The quantitative estimate of drug-likeness (QED) is 0.870. The molecule has 0 spiro atoms. The zero-order valence-corrected chi connectivity index (χ0v) is 14.3. The van der Waals surface area contributed by atoms with Crippen LogP contribution in [0.4, 0.5) is 0 Å². The summed E-state index contributed by atoms with van der Waals surface area (Å²) in [5.74, 6) is 0.0981. The molecule has 1 aromatic rings. The van der Waals surface area contributed by atoms with Gasteiger partial charge in [0.1, 0.15) is 0 Å². The van der Waals surface area contributed by atoms with Crippen molar-refractivity contribution < 1.29 is 4.79 Å². The largest absolute Gasteiger partial charge is 0.355 e. The number of amides is 1. The Morgan fingerprint density at radius 1 is 1.27 bits per heavy atom. The van der Waals surface area contributed by atoms with Crippen molar-refractivity contribution in [2.75, 3.05) is 39.8 Å². The Hall–Kier alpha value is -1.10. The first-order valence-corrected chi connectivity index (χ1v) is 8.37. The van der Waals surface area contributed by atoms with Gasteiger partial charge in [-0.1, -0.05) is 29.8 Å². The number of nitrogens with zero attached hydrogens (tertiary/aromatic N) is 2. The fourth-order valence-electron chi connectivity index (χ4n) is 2.69. The van der Waals surface area contributed by atoms with Gasteiger partial charge in [0.15, 0.2) is 0 Å². The van der Waals surface area contributed by atoms with E-state index < -0.39 is 0 Å². The van der Waals surface area contributed by atoms with Crippen LogP contribution in [-0.2, 0) is 11.2 Å². The molecule has 0 saturated carbocycles. The molecule has 1 fully saturated rings. The van der Waals surface area contributed by atoms with Gasteiger partial charge in [-0.05, 0) is 32.0 Å². The van der Waals surface area contributed by atoms with Gasteiger partial charge in [-0.15, -0.1) is 0 Å². The molecule has 1 N–H and O–H groups in total. The van der Waals surface area contributed by atoms with E-state index in [1.165, 1.54) is 0 Å². The first kappa shape index (κ1) is 17.3. The number of piperazine rings is 1. The molecule has 4 nitrogen and oxygen atoms in total. The third-order valence-corrected chi connectivity index (χ3v) is 4.70. The summed E-state index contributed by atoms with van der Waals surface area (Å²) in [4.78, 5) is 16.8. The second-order valence-corrected chi connectivity index (χ2v) is 6.49. The lowest BCUT2D eigenvalue weighted by atomic mass is 10.1. The van der Waals surface area contributed by atoms with E-state index in [-0.39, 0.29) is 5.91 Å². The molecule has 0 radical (unpaired) electrons. The predicted molar refractivity (Wildman–Crippen MR) is 91.3 cm³/mol. The molecule has 1 atom stereocenters. The Morgan fingerprint density at radius 2 is 1.95 bits per heavy atom. The zero-order valence-electron chi connectivity index (χ0n) is 13.5. The summed E-state index contributed by atoms with van der Waals surface area (Å²) >= 11 is 6.11. The molecule has 5 heteroatoms.